The fourth-order valence-electron chi connectivity index (χ4n) is 3.13. The number of hydrogen-bond donors (Lipinski definition) is 2. The molecule has 0 aliphatic rings. The summed E-state index contributed by atoms with van der Waals surface area (Å²) in [6.07, 6.45) is 1.59. The maximum Gasteiger partial charge on any atom is 0.317 e. The van der Waals surface area contributed by atoms with Gasteiger partial charge >= 0.3 is 6.03 Å². The molecule has 0 saturated heterocycles. The van der Waals surface area contributed by atoms with Crippen molar-refractivity contribution in [2.24, 2.45) is 0 Å². The molecule has 2 aromatic rings. The van der Waals surface area contributed by atoms with Crippen LogP contribution in [0.4, 0.5) is 9.18 Å². The van der Waals surface area contributed by atoms with Crippen molar-refractivity contribution in [2.45, 2.75) is 39.7 Å². The SMILES string of the molecule is CCN(CC)CC(C)NC(=O)N(C)CCCc1cc(-c2cccc(F)c2)n[nH]1. The molecule has 0 radical (unpaired) electrons. The summed E-state index contributed by atoms with van der Waals surface area (Å²) < 4.78 is 13.3. The van der Waals surface area contributed by atoms with Crippen molar-refractivity contribution in [1.29, 1.82) is 0 Å². The average molecular weight is 390 g/mol. The van der Waals surface area contributed by atoms with Gasteiger partial charge in [0.1, 0.15) is 5.82 Å². The average Bonchev–Trinajstić information content (AvgIpc) is 3.15. The molecule has 28 heavy (non-hydrogen) atoms. The zero-order chi connectivity index (χ0) is 20.5. The van der Waals surface area contributed by atoms with Crippen LogP contribution >= 0.6 is 0 Å². The van der Waals surface area contributed by atoms with Crippen molar-refractivity contribution < 1.29 is 9.18 Å². The summed E-state index contributed by atoms with van der Waals surface area (Å²) in [4.78, 5) is 16.3. The highest BCUT2D eigenvalue weighted by atomic mass is 19.1. The van der Waals surface area contributed by atoms with Crippen LogP contribution in [0.2, 0.25) is 0 Å². The van der Waals surface area contributed by atoms with Crippen LogP contribution in [0.15, 0.2) is 30.3 Å². The highest BCUT2D eigenvalue weighted by molar-refractivity contribution is 5.74. The fourth-order valence-corrected chi connectivity index (χ4v) is 3.13. The number of benzene rings is 1. The first-order valence-electron chi connectivity index (χ1n) is 9.97. The number of H-pyrrole nitrogens is 1. The van der Waals surface area contributed by atoms with Gasteiger partial charge in [-0.25, -0.2) is 9.18 Å². The van der Waals surface area contributed by atoms with E-state index in [4.69, 9.17) is 0 Å². The molecular weight excluding hydrogens is 357 g/mol. The molecule has 1 aromatic carbocycles. The van der Waals surface area contributed by atoms with Gasteiger partial charge in [0.05, 0.1) is 5.69 Å². The number of nitrogens with one attached hydrogen (secondary N) is 2. The molecule has 1 atom stereocenters. The van der Waals surface area contributed by atoms with E-state index in [0.29, 0.717) is 6.54 Å². The molecule has 2 amide bonds. The van der Waals surface area contributed by atoms with Crippen LogP contribution in [0, 0.1) is 5.82 Å². The van der Waals surface area contributed by atoms with Gasteiger partial charge in [0.25, 0.3) is 0 Å². The van der Waals surface area contributed by atoms with Gasteiger partial charge in [0.2, 0.25) is 0 Å². The van der Waals surface area contributed by atoms with Crippen molar-refractivity contribution in [3.63, 3.8) is 0 Å². The van der Waals surface area contributed by atoms with E-state index in [-0.39, 0.29) is 17.9 Å². The van der Waals surface area contributed by atoms with Crippen molar-refractivity contribution in [3.05, 3.63) is 41.8 Å². The van der Waals surface area contributed by atoms with E-state index in [1.165, 1.54) is 12.1 Å². The van der Waals surface area contributed by atoms with Gasteiger partial charge in [0, 0.05) is 37.4 Å². The molecule has 0 fully saturated rings. The lowest BCUT2D eigenvalue weighted by Gasteiger charge is -2.25. The maximum absolute atomic E-state index is 13.3. The van der Waals surface area contributed by atoms with Gasteiger partial charge < -0.3 is 15.1 Å². The number of carbonyl (C=O) groups excluding carboxylic acids is 1. The number of aromatic amines is 1. The van der Waals surface area contributed by atoms with Gasteiger partial charge in [-0.1, -0.05) is 26.0 Å². The number of urea groups is 1. The maximum atomic E-state index is 13.3. The van der Waals surface area contributed by atoms with Crippen LogP contribution < -0.4 is 5.32 Å². The molecule has 2 N–H and O–H groups in total. The second-order valence-corrected chi connectivity index (χ2v) is 7.15. The van der Waals surface area contributed by atoms with Crippen LogP contribution in [0.5, 0.6) is 0 Å². The topological polar surface area (TPSA) is 64.3 Å². The van der Waals surface area contributed by atoms with E-state index in [1.807, 2.05) is 26.1 Å². The minimum atomic E-state index is -0.273. The first-order valence-corrected chi connectivity index (χ1v) is 9.97. The number of amides is 2. The molecule has 0 saturated carbocycles. The summed E-state index contributed by atoms with van der Waals surface area (Å²) in [7, 11) is 1.81. The van der Waals surface area contributed by atoms with Gasteiger partial charge in [-0.2, -0.15) is 5.10 Å². The summed E-state index contributed by atoms with van der Waals surface area (Å²) in [6.45, 7) is 9.74. The molecule has 0 bridgehead atoms. The Hall–Kier alpha value is -2.41. The van der Waals surface area contributed by atoms with E-state index in [2.05, 4.69) is 34.3 Å². The molecular formula is C21H32FN5O. The van der Waals surface area contributed by atoms with Gasteiger partial charge in [0.15, 0.2) is 0 Å². The zero-order valence-corrected chi connectivity index (χ0v) is 17.3. The second-order valence-electron chi connectivity index (χ2n) is 7.15. The van der Waals surface area contributed by atoms with Crippen LogP contribution in [-0.4, -0.2) is 65.3 Å². The first kappa shape index (κ1) is 21.9. The standard InChI is InChI=1S/C21H32FN5O/c1-5-27(6-2)15-16(3)23-21(28)26(4)12-8-11-19-14-20(25-24-19)17-9-7-10-18(22)13-17/h7,9-10,13-14,16H,5-6,8,11-12,15H2,1-4H3,(H,23,28)(H,24,25). The minimum absolute atomic E-state index is 0.0512. The fraction of sp³-hybridized carbons (Fsp3) is 0.524. The Morgan fingerprint density at radius 1 is 1.29 bits per heavy atom. The zero-order valence-electron chi connectivity index (χ0n) is 17.3. The smallest absolute Gasteiger partial charge is 0.317 e. The summed E-state index contributed by atoms with van der Waals surface area (Å²) in [5.74, 6) is -0.273. The molecule has 7 heteroatoms. The van der Waals surface area contributed by atoms with Crippen LogP contribution in [-0.2, 0) is 6.42 Å². The quantitative estimate of drug-likeness (QED) is 0.653. The minimum Gasteiger partial charge on any atom is -0.334 e. The Morgan fingerprint density at radius 3 is 2.71 bits per heavy atom. The molecule has 0 aliphatic carbocycles. The monoisotopic (exact) mass is 389 g/mol. The summed E-state index contributed by atoms with van der Waals surface area (Å²) >= 11 is 0. The third kappa shape index (κ3) is 6.64. The van der Waals surface area contributed by atoms with E-state index in [0.717, 1.165) is 49.4 Å². The number of aryl methyl sites for hydroxylation is 1. The van der Waals surface area contributed by atoms with Crippen molar-refractivity contribution in [3.8, 4) is 11.3 Å². The highest BCUT2D eigenvalue weighted by Crippen LogP contribution is 2.19. The Kier molecular flexibility index (Phi) is 8.44. The summed E-state index contributed by atoms with van der Waals surface area (Å²) in [5, 5.41) is 10.3. The molecule has 154 valence electrons. The van der Waals surface area contributed by atoms with Crippen LogP contribution in [0.25, 0.3) is 11.3 Å². The first-order chi connectivity index (χ1) is 13.4. The third-order valence-corrected chi connectivity index (χ3v) is 4.83. The number of hydrogen-bond acceptors (Lipinski definition) is 3. The van der Waals surface area contributed by atoms with E-state index in [9.17, 15) is 9.18 Å². The molecule has 1 heterocycles. The Morgan fingerprint density at radius 2 is 2.04 bits per heavy atom. The van der Waals surface area contributed by atoms with E-state index < -0.39 is 0 Å². The number of carbonyl (C=O) groups is 1. The number of likely N-dealkylation sites (N-methyl/N-ethyl adjacent to an activating group) is 1. The number of aromatic nitrogens is 2. The summed E-state index contributed by atoms with van der Waals surface area (Å²) in [6, 6.07) is 8.38. The predicted molar refractivity (Wildman–Crippen MR) is 111 cm³/mol. The van der Waals surface area contributed by atoms with Gasteiger partial charge in [-0.3, -0.25) is 5.10 Å². The lowest BCUT2D eigenvalue weighted by atomic mass is 10.1. The molecule has 1 unspecified atom stereocenters. The number of nitrogens with zero attached hydrogens (tertiary/aromatic N) is 3. The predicted octanol–water partition coefficient (Wildman–Crippen LogP) is 3.52. The largest absolute Gasteiger partial charge is 0.334 e. The normalized spacial score (nSPS) is 12.2. The molecule has 0 spiro atoms. The van der Waals surface area contributed by atoms with Crippen LogP contribution in [0.3, 0.4) is 0 Å². The summed E-state index contributed by atoms with van der Waals surface area (Å²) in [5.41, 5.74) is 2.45. The highest BCUT2D eigenvalue weighted by Gasteiger charge is 2.14. The Balaban J connectivity index is 1.76. The Bertz CT molecular complexity index is 744. The van der Waals surface area contributed by atoms with E-state index in [1.54, 1.807) is 11.0 Å². The third-order valence-electron chi connectivity index (χ3n) is 4.83. The van der Waals surface area contributed by atoms with Crippen LogP contribution in [0.1, 0.15) is 32.9 Å². The van der Waals surface area contributed by atoms with Gasteiger partial charge in [-0.05, 0) is 51.1 Å². The van der Waals surface area contributed by atoms with Crippen molar-refractivity contribution in [2.75, 3.05) is 33.2 Å². The molecule has 6 nitrogen and oxygen atoms in total. The molecule has 0 aliphatic heterocycles. The van der Waals surface area contributed by atoms with Crippen molar-refractivity contribution >= 4 is 6.03 Å². The lowest BCUT2D eigenvalue weighted by molar-refractivity contribution is 0.198. The second kappa shape index (κ2) is 10.8. The lowest BCUT2D eigenvalue weighted by Crippen LogP contribution is -2.47. The van der Waals surface area contributed by atoms with Gasteiger partial charge in [-0.15, -0.1) is 0 Å². The molecule has 2 rings (SSSR count). The number of rotatable bonds is 10. The number of halogens is 1. The molecule has 1 aromatic heterocycles. The van der Waals surface area contributed by atoms with E-state index >= 15 is 0 Å². The Labute approximate surface area is 167 Å². The van der Waals surface area contributed by atoms with Crippen molar-refractivity contribution in [1.82, 2.24) is 25.3 Å².